The minimum absolute atomic E-state index is 0.0400. The number of hydrogen-bond acceptors (Lipinski definition) is 4. The Labute approximate surface area is 142 Å². The summed E-state index contributed by atoms with van der Waals surface area (Å²) in [4.78, 5) is 15.6. The second-order valence-corrected chi connectivity index (χ2v) is 5.91. The molecule has 0 aliphatic carbocycles. The van der Waals surface area contributed by atoms with Gasteiger partial charge in [0.05, 0.1) is 23.3 Å². The van der Waals surface area contributed by atoms with Gasteiger partial charge in [0, 0.05) is 12.8 Å². The average molecular weight is 367 g/mol. The quantitative estimate of drug-likeness (QED) is 0.863. The summed E-state index contributed by atoms with van der Waals surface area (Å²) >= 11 is 5.74. The van der Waals surface area contributed by atoms with E-state index in [2.05, 4.69) is 10.3 Å². The molecule has 0 bridgehead atoms. The van der Waals surface area contributed by atoms with Crippen molar-refractivity contribution < 1.29 is 27.4 Å². The molecule has 1 aromatic heterocycles. The molecule has 0 aromatic carbocycles. The molecule has 0 radical (unpaired) electrons. The fourth-order valence-electron chi connectivity index (χ4n) is 2.17. The van der Waals surface area contributed by atoms with Gasteiger partial charge in [-0.2, -0.15) is 13.2 Å². The molecule has 2 unspecified atom stereocenters. The lowest BCUT2D eigenvalue weighted by molar-refractivity contribution is -0.137. The zero-order valence-electron chi connectivity index (χ0n) is 13.0. The van der Waals surface area contributed by atoms with Gasteiger partial charge < -0.3 is 14.8 Å². The Morgan fingerprint density at radius 1 is 1.54 bits per heavy atom. The van der Waals surface area contributed by atoms with E-state index in [9.17, 15) is 18.0 Å². The maximum atomic E-state index is 12.5. The van der Waals surface area contributed by atoms with E-state index in [4.69, 9.17) is 21.1 Å². The fourth-order valence-corrected chi connectivity index (χ4v) is 2.38. The maximum absolute atomic E-state index is 12.5. The van der Waals surface area contributed by atoms with Crippen molar-refractivity contribution in [3.63, 3.8) is 0 Å². The van der Waals surface area contributed by atoms with Crippen molar-refractivity contribution in [2.24, 2.45) is 0 Å². The van der Waals surface area contributed by atoms with E-state index >= 15 is 0 Å². The predicted octanol–water partition coefficient (Wildman–Crippen LogP) is 3.67. The molecule has 24 heavy (non-hydrogen) atoms. The summed E-state index contributed by atoms with van der Waals surface area (Å²) in [5.74, 6) is -0.681. The first kappa shape index (κ1) is 19.0. The van der Waals surface area contributed by atoms with Crippen LogP contribution in [0.15, 0.2) is 12.3 Å². The first-order valence-electron chi connectivity index (χ1n) is 7.54. The summed E-state index contributed by atoms with van der Waals surface area (Å²) in [5, 5.41) is 2.07. The van der Waals surface area contributed by atoms with Crippen molar-refractivity contribution >= 4 is 23.3 Å². The van der Waals surface area contributed by atoms with Gasteiger partial charge in [-0.1, -0.05) is 11.6 Å². The van der Waals surface area contributed by atoms with Crippen molar-refractivity contribution in [1.29, 1.82) is 0 Å². The normalized spacial score (nSPS) is 19.8. The van der Waals surface area contributed by atoms with Gasteiger partial charge in [-0.25, -0.2) is 4.98 Å². The van der Waals surface area contributed by atoms with Crippen LogP contribution in [0.4, 0.5) is 19.0 Å². The number of nitrogens with one attached hydrogen (secondary N) is 1. The van der Waals surface area contributed by atoms with E-state index in [-0.39, 0.29) is 23.6 Å². The molecule has 0 spiro atoms. The third-order valence-electron chi connectivity index (χ3n) is 3.59. The molecule has 1 fully saturated rings. The van der Waals surface area contributed by atoms with Crippen LogP contribution in [0.3, 0.4) is 0 Å². The van der Waals surface area contributed by atoms with E-state index in [1.165, 1.54) is 6.92 Å². The second kappa shape index (κ2) is 8.13. The average Bonchev–Trinajstić information content (AvgIpc) is 2.54. The molecule has 1 saturated heterocycles. The number of carbonyl (C=O) groups is 1. The smallest absolute Gasteiger partial charge is 0.376 e. The highest BCUT2D eigenvalue weighted by Gasteiger charge is 2.32. The molecular weight excluding hydrogens is 349 g/mol. The lowest BCUT2D eigenvalue weighted by atomic mass is 10.1. The zero-order chi connectivity index (χ0) is 17.7. The first-order chi connectivity index (χ1) is 11.3. The van der Waals surface area contributed by atoms with Crippen LogP contribution in [0, 0.1) is 0 Å². The van der Waals surface area contributed by atoms with Gasteiger partial charge in [0.15, 0.2) is 5.82 Å². The highest BCUT2D eigenvalue weighted by atomic mass is 35.5. The van der Waals surface area contributed by atoms with Gasteiger partial charge in [0.2, 0.25) is 0 Å². The summed E-state index contributed by atoms with van der Waals surface area (Å²) in [6, 6.07) is 0.714. The van der Waals surface area contributed by atoms with Crippen LogP contribution >= 0.6 is 11.6 Å². The molecule has 1 N–H and O–H groups in total. The Balaban J connectivity index is 1.88. The monoisotopic (exact) mass is 366 g/mol. The Bertz CT molecular complexity index is 578. The lowest BCUT2D eigenvalue weighted by Gasteiger charge is -2.23. The van der Waals surface area contributed by atoms with Gasteiger partial charge in [-0.3, -0.25) is 4.79 Å². The topological polar surface area (TPSA) is 60.5 Å². The van der Waals surface area contributed by atoms with Crippen LogP contribution in [-0.4, -0.2) is 36.3 Å². The van der Waals surface area contributed by atoms with Gasteiger partial charge in [-0.05, 0) is 32.3 Å². The van der Waals surface area contributed by atoms with Crippen molar-refractivity contribution in [2.75, 3.05) is 18.5 Å². The van der Waals surface area contributed by atoms with E-state index in [1.807, 2.05) is 0 Å². The summed E-state index contributed by atoms with van der Waals surface area (Å²) in [5.41, 5.74) is -0.982. The Kier molecular flexibility index (Phi) is 6.42. The molecule has 2 heterocycles. The highest BCUT2D eigenvalue weighted by molar-refractivity contribution is 6.33. The van der Waals surface area contributed by atoms with Crippen molar-refractivity contribution in [2.45, 2.75) is 44.6 Å². The molecule has 0 saturated carbocycles. The molecular formula is C15H18ClF3N2O3. The molecule has 1 aromatic rings. The van der Waals surface area contributed by atoms with Crippen LogP contribution in [0.5, 0.6) is 0 Å². The van der Waals surface area contributed by atoms with E-state index in [1.54, 1.807) is 0 Å². The molecule has 2 rings (SSSR count). The first-order valence-corrected chi connectivity index (χ1v) is 7.92. The Morgan fingerprint density at radius 3 is 2.88 bits per heavy atom. The number of rotatable bonds is 5. The number of alkyl halides is 3. The van der Waals surface area contributed by atoms with Crippen LogP contribution in [0.2, 0.25) is 5.02 Å². The van der Waals surface area contributed by atoms with Gasteiger partial charge in [0.1, 0.15) is 6.10 Å². The van der Waals surface area contributed by atoms with Gasteiger partial charge >= 0.3 is 6.18 Å². The van der Waals surface area contributed by atoms with E-state index in [0.29, 0.717) is 18.9 Å². The maximum Gasteiger partial charge on any atom is 0.417 e. The van der Waals surface area contributed by atoms with Crippen LogP contribution < -0.4 is 5.32 Å². The second-order valence-electron chi connectivity index (χ2n) is 5.51. The van der Waals surface area contributed by atoms with Crippen LogP contribution in [0.1, 0.15) is 31.7 Å². The molecule has 1 aliphatic heterocycles. The van der Waals surface area contributed by atoms with Gasteiger partial charge in [-0.15, -0.1) is 0 Å². The lowest BCUT2D eigenvalue weighted by Crippen LogP contribution is -2.33. The SMILES string of the molecule is CC(OCC1CCCCO1)C(=O)Nc1ncc(C(F)(F)F)cc1Cl. The van der Waals surface area contributed by atoms with Crippen LogP contribution in [0.25, 0.3) is 0 Å². The van der Waals surface area contributed by atoms with E-state index < -0.39 is 23.8 Å². The molecule has 2 atom stereocenters. The molecule has 5 nitrogen and oxygen atoms in total. The molecule has 134 valence electrons. The standard InChI is InChI=1S/C15H18ClF3N2O3/c1-9(24-8-11-4-2-3-5-23-11)14(22)21-13-12(16)6-10(7-20-13)15(17,18)19/h6-7,9,11H,2-5,8H2,1H3,(H,20,21,22). The number of pyridine rings is 1. The third kappa shape index (κ3) is 5.32. The van der Waals surface area contributed by atoms with Crippen molar-refractivity contribution in [3.8, 4) is 0 Å². The number of amides is 1. The predicted molar refractivity (Wildman–Crippen MR) is 81.9 cm³/mol. The van der Waals surface area contributed by atoms with Crippen molar-refractivity contribution in [3.05, 3.63) is 22.8 Å². The summed E-state index contributed by atoms with van der Waals surface area (Å²) < 4.78 is 48.6. The summed E-state index contributed by atoms with van der Waals surface area (Å²) in [7, 11) is 0. The van der Waals surface area contributed by atoms with Gasteiger partial charge in [0.25, 0.3) is 5.91 Å². The largest absolute Gasteiger partial charge is 0.417 e. The number of nitrogens with zero attached hydrogens (tertiary/aromatic N) is 1. The molecule has 1 amide bonds. The number of halogens is 4. The number of hydrogen-bond donors (Lipinski definition) is 1. The summed E-state index contributed by atoms with van der Waals surface area (Å²) in [6.45, 7) is 2.50. The fraction of sp³-hybridized carbons (Fsp3) is 0.600. The number of carbonyl (C=O) groups excluding carboxylic acids is 1. The molecule has 9 heteroatoms. The number of aromatic nitrogens is 1. The summed E-state index contributed by atoms with van der Waals surface area (Å²) in [6.07, 6.45) is -1.83. The minimum atomic E-state index is -4.55. The molecule has 1 aliphatic rings. The van der Waals surface area contributed by atoms with Crippen molar-refractivity contribution in [1.82, 2.24) is 4.98 Å². The number of anilines is 1. The number of ether oxygens (including phenoxy) is 2. The zero-order valence-corrected chi connectivity index (χ0v) is 13.8. The van der Waals surface area contributed by atoms with Crippen LogP contribution in [-0.2, 0) is 20.4 Å². The van der Waals surface area contributed by atoms with E-state index in [0.717, 1.165) is 19.3 Å². The minimum Gasteiger partial charge on any atom is -0.376 e. The Morgan fingerprint density at radius 2 is 2.29 bits per heavy atom. The Hall–Kier alpha value is -1.38. The third-order valence-corrected chi connectivity index (χ3v) is 3.87. The highest BCUT2D eigenvalue weighted by Crippen LogP contribution is 2.32.